The Morgan fingerprint density at radius 1 is 1.12 bits per heavy atom. The van der Waals surface area contributed by atoms with Gasteiger partial charge in [0, 0.05) is 44.4 Å². The topological polar surface area (TPSA) is 74.4 Å². The van der Waals surface area contributed by atoms with E-state index < -0.39 is 0 Å². The number of hydrogen-bond donors (Lipinski definition) is 1. The van der Waals surface area contributed by atoms with Crippen LogP contribution in [-0.2, 0) is 17.6 Å². The van der Waals surface area contributed by atoms with E-state index in [1.54, 1.807) is 12.5 Å². The lowest BCUT2D eigenvalue weighted by atomic mass is 10.1. The van der Waals surface area contributed by atoms with E-state index in [2.05, 4.69) is 19.9 Å². The predicted molar refractivity (Wildman–Crippen MR) is 89.2 cm³/mol. The van der Waals surface area contributed by atoms with E-state index >= 15 is 0 Å². The van der Waals surface area contributed by atoms with Crippen LogP contribution in [0.5, 0.6) is 0 Å². The SMILES string of the molecule is O=C(c1ccc[nH]1)N1CCc2ncnc(N3CCOCC3)c2CC1. The molecule has 4 heterocycles. The first kappa shape index (κ1) is 15.1. The zero-order valence-corrected chi connectivity index (χ0v) is 13.6. The summed E-state index contributed by atoms with van der Waals surface area (Å²) in [5.74, 6) is 1.06. The summed E-state index contributed by atoms with van der Waals surface area (Å²) < 4.78 is 5.44. The van der Waals surface area contributed by atoms with Crippen LogP contribution in [0.4, 0.5) is 5.82 Å². The summed E-state index contributed by atoms with van der Waals surface area (Å²) in [4.78, 5) is 28.8. The number of rotatable bonds is 2. The summed E-state index contributed by atoms with van der Waals surface area (Å²) in [5, 5.41) is 0. The lowest BCUT2D eigenvalue weighted by Gasteiger charge is -2.29. The standard InChI is InChI=1S/C17H21N5O2/c23-17(15-2-1-5-18-15)22-6-3-13-14(4-7-22)19-12-20-16(13)21-8-10-24-11-9-21/h1-2,5,12,18H,3-4,6-11H2. The number of aromatic nitrogens is 3. The summed E-state index contributed by atoms with van der Waals surface area (Å²) in [6.45, 7) is 4.55. The smallest absolute Gasteiger partial charge is 0.270 e. The fourth-order valence-electron chi connectivity index (χ4n) is 3.39. The zero-order chi connectivity index (χ0) is 16.4. The normalized spacial score (nSPS) is 18.2. The van der Waals surface area contributed by atoms with Crippen LogP contribution in [0, 0.1) is 0 Å². The summed E-state index contributed by atoms with van der Waals surface area (Å²) in [5.41, 5.74) is 2.88. The predicted octanol–water partition coefficient (Wildman–Crippen LogP) is 0.882. The molecule has 1 fully saturated rings. The Morgan fingerprint density at radius 3 is 2.75 bits per heavy atom. The van der Waals surface area contributed by atoms with Crippen LogP contribution in [0.15, 0.2) is 24.7 Å². The van der Waals surface area contributed by atoms with E-state index in [4.69, 9.17) is 4.74 Å². The molecule has 4 rings (SSSR count). The number of nitrogens with zero attached hydrogens (tertiary/aromatic N) is 4. The third-order valence-electron chi connectivity index (χ3n) is 4.69. The number of ether oxygens (including phenoxy) is 1. The van der Waals surface area contributed by atoms with Crippen LogP contribution in [0.3, 0.4) is 0 Å². The van der Waals surface area contributed by atoms with Gasteiger partial charge < -0.3 is 19.5 Å². The molecular formula is C17H21N5O2. The molecule has 0 radical (unpaired) electrons. The molecule has 126 valence electrons. The number of H-pyrrole nitrogens is 1. The van der Waals surface area contributed by atoms with Gasteiger partial charge in [-0.3, -0.25) is 4.79 Å². The zero-order valence-electron chi connectivity index (χ0n) is 13.6. The molecule has 2 aromatic heterocycles. The monoisotopic (exact) mass is 327 g/mol. The van der Waals surface area contributed by atoms with Crippen LogP contribution in [0.25, 0.3) is 0 Å². The Hall–Kier alpha value is -2.41. The van der Waals surface area contributed by atoms with Gasteiger partial charge in [0.15, 0.2) is 0 Å². The van der Waals surface area contributed by atoms with Crippen molar-refractivity contribution in [2.75, 3.05) is 44.3 Å². The number of nitrogens with one attached hydrogen (secondary N) is 1. The quantitative estimate of drug-likeness (QED) is 0.886. The molecule has 0 atom stereocenters. The van der Waals surface area contributed by atoms with E-state index in [1.807, 2.05) is 17.0 Å². The molecule has 7 heteroatoms. The Labute approximate surface area is 140 Å². The van der Waals surface area contributed by atoms with Crippen LogP contribution in [-0.4, -0.2) is 65.2 Å². The van der Waals surface area contributed by atoms with Gasteiger partial charge in [-0.15, -0.1) is 0 Å². The molecule has 0 unspecified atom stereocenters. The summed E-state index contributed by atoms with van der Waals surface area (Å²) in [7, 11) is 0. The fourth-order valence-corrected chi connectivity index (χ4v) is 3.39. The van der Waals surface area contributed by atoms with E-state index in [1.165, 1.54) is 5.56 Å². The van der Waals surface area contributed by atoms with E-state index in [0.29, 0.717) is 18.8 Å². The molecule has 0 bridgehead atoms. The fraction of sp³-hybridized carbons (Fsp3) is 0.471. The highest BCUT2D eigenvalue weighted by atomic mass is 16.5. The molecule has 24 heavy (non-hydrogen) atoms. The Bertz CT molecular complexity index is 710. The largest absolute Gasteiger partial charge is 0.378 e. The minimum atomic E-state index is 0.0497. The number of anilines is 1. The van der Waals surface area contributed by atoms with Gasteiger partial charge in [-0.1, -0.05) is 0 Å². The molecule has 0 saturated carbocycles. The lowest BCUT2D eigenvalue weighted by Crippen LogP contribution is -2.37. The molecular weight excluding hydrogens is 306 g/mol. The summed E-state index contributed by atoms with van der Waals surface area (Å²) >= 11 is 0. The lowest BCUT2D eigenvalue weighted by molar-refractivity contribution is 0.0758. The first-order valence-electron chi connectivity index (χ1n) is 8.41. The van der Waals surface area contributed by atoms with Crippen molar-refractivity contribution in [3.63, 3.8) is 0 Å². The minimum absolute atomic E-state index is 0.0497. The molecule has 2 aliphatic heterocycles. The number of amides is 1. The molecule has 1 amide bonds. The number of morpholine rings is 1. The van der Waals surface area contributed by atoms with Crippen LogP contribution < -0.4 is 4.90 Å². The first-order chi connectivity index (χ1) is 11.8. The number of aromatic amines is 1. The molecule has 1 N–H and O–H groups in total. The van der Waals surface area contributed by atoms with Crippen molar-refractivity contribution < 1.29 is 9.53 Å². The van der Waals surface area contributed by atoms with Gasteiger partial charge >= 0.3 is 0 Å². The Kier molecular flexibility index (Phi) is 4.17. The summed E-state index contributed by atoms with van der Waals surface area (Å²) in [6, 6.07) is 3.67. The average Bonchev–Trinajstić information content (AvgIpc) is 3.08. The van der Waals surface area contributed by atoms with Crippen molar-refractivity contribution >= 4 is 11.7 Å². The highest BCUT2D eigenvalue weighted by Gasteiger charge is 2.25. The van der Waals surface area contributed by atoms with Crippen molar-refractivity contribution in [2.24, 2.45) is 0 Å². The maximum absolute atomic E-state index is 12.6. The molecule has 2 aliphatic rings. The van der Waals surface area contributed by atoms with Gasteiger partial charge in [0.2, 0.25) is 0 Å². The van der Waals surface area contributed by atoms with Crippen LogP contribution >= 0.6 is 0 Å². The maximum atomic E-state index is 12.6. The molecule has 2 aromatic rings. The maximum Gasteiger partial charge on any atom is 0.270 e. The van der Waals surface area contributed by atoms with E-state index in [-0.39, 0.29) is 5.91 Å². The van der Waals surface area contributed by atoms with Crippen molar-refractivity contribution in [1.29, 1.82) is 0 Å². The second kappa shape index (κ2) is 6.60. The third kappa shape index (κ3) is 2.87. The van der Waals surface area contributed by atoms with Gasteiger partial charge in [-0.2, -0.15) is 0 Å². The number of carbonyl (C=O) groups excluding carboxylic acids is 1. The van der Waals surface area contributed by atoms with E-state index in [0.717, 1.165) is 50.7 Å². The van der Waals surface area contributed by atoms with Gasteiger partial charge in [0.1, 0.15) is 17.8 Å². The van der Waals surface area contributed by atoms with Crippen LogP contribution in [0.2, 0.25) is 0 Å². The second-order valence-electron chi connectivity index (χ2n) is 6.10. The van der Waals surface area contributed by atoms with Gasteiger partial charge in [-0.05, 0) is 18.6 Å². The van der Waals surface area contributed by atoms with Gasteiger partial charge in [-0.25, -0.2) is 9.97 Å². The number of carbonyl (C=O) groups is 1. The minimum Gasteiger partial charge on any atom is -0.378 e. The molecule has 0 spiro atoms. The van der Waals surface area contributed by atoms with Crippen molar-refractivity contribution in [2.45, 2.75) is 12.8 Å². The van der Waals surface area contributed by atoms with Crippen molar-refractivity contribution in [3.8, 4) is 0 Å². The van der Waals surface area contributed by atoms with Gasteiger partial charge in [0.05, 0.1) is 18.9 Å². The highest BCUT2D eigenvalue weighted by molar-refractivity contribution is 5.92. The Balaban J connectivity index is 1.55. The average molecular weight is 327 g/mol. The number of hydrogen-bond acceptors (Lipinski definition) is 5. The van der Waals surface area contributed by atoms with E-state index in [9.17, 15) is 4.79 Å². The second-order valence-corrected chi connectivity index (χ2v) is 6.10. The highest BCUT2D eigenvalue weighted by Crippen LogP contribution is 2.24. The molecule has 1 saturated heterocycles. The van der Waals surface area contributed by atoms with Crippen LogP contribution in [0.1, 0.15) is 21.7 Å². The molecule has 0 aliphatic carbocycles. The molecule has 7 nitrogen and oxygen atoms in total. The molecule has 0 aromatic carbocycles. The third-order valence-corrected chi connectivity index (χ3v) is 4.69. The van der Waals surface area contributed by atoms with Crippen molar-refractivity contribution in [3.05, 3.63) is 41.6 Å². The summed E-state index contributed by atoms with van der Waals surface area (Å²) in [6.07, 6.45) is 4.98. The first-order valence-corrected chi connectivity index (χ1v) is 8.41. The Morgan fingerprint density at radius 2 is 1.96 bits per heavy atom. The number of fused-ring (bicyclic) bond motifs is 1. The van der Waals surface area contributed by atoms with Gasteiger partial charge in [0.25, 0.3) is 5.91 Å². The van der Waals surface area contributed by atoms with Crippen molar-refractivity contribution in [1.82, 2.24) is 19.9 Å².